The van der Waals surface area contributed by atoms with Gasteiger partial charge in [-0.15, -0.1) is 0 Å². The lowest BCUT2D eigenvalue weighted by Crippen LogP contribution is -2.04. The predicted octanol–water partition coefficient (Wildman–Crippen LogP) is 2.59. The molecule has 0 fully saturated rings. The molecule has 0 saturated carbocycles. The van der Waals surface area contributed by atoms with E-state index in [1.807, 2.05) is 0 Å². The van der Waals surface area contributed by atoms with Gasteiger partial charge in [-0.05, 0) is 12.3 Å². The summed E-state index contributed by atoms with van der Waals surface area (Å²) in [6.07, 6.45) is 0.249. The Morgan fingerprint density at radius 3 is 2.14 bits per heavy atom. The van der Waals surface area contributed by atoms with Gasteiger partial charge in [-0.1, -0.05) is 6.92 Å². The summed E-state index contributed by atoms with van der Waals surface area (Å²) < 4.78 is 38.8. The maximum atomic E-state index is 13.1. The molecule has 0 heterocycles. The molecule has 0 amide bonds. The number of aliphatic hydroxyl groups is 1. The van der Waals surface area contributed by atoms with E-state index >= 15 is 0 Å². The molecule has 1 nitrogen and oxygen atoms in total. The first-order valence-electron chi connectivity index (χ1n) is 4.31. The van der Waals surface area contributed by atoms with Gasteiger partial charge in [-0.3, -0.25) is 0 Å². The van der Waals surface area contributed by atoms with Gasteiger partial charge in [0.05, 0.1) is 0 Å². The third-order valence-corrected chi connectivity index (χ3v) is 2.10. The fourth-order valence-electron chi connectivity index (χ4n) is 1.36. The van der Waals surface area contributed by atoms with Crippen LogP contribution in [0.2, 0.25) is 0 Å². The fourth-order valence-corrected chi connectivity index (χ4v) is 1.36. The molecule has 1 rings (SSSR count). The van der Waals surface area contributed by atoms with E-state index in [2.05, 4.69) is 0 Å². The number of halogens is 3. The van der Waals surface area contributed by atoms with E-state index in [-0.39, 0.29) is 18.6 Å². The second-order valence-electron chi connectivity index (χ2n) is 3.20. The van der Waals surface area contributed by atoms with Crippen LogP contribution in [0, 0.1) is 17.5 Å². The van der Waals surface area contributed by atoms with Gasteiger partial charge < -0.3 is 5.11 Å². The Balaban J connectivity index is 3.07. The molecule has 0 saturated heterocycles. The van der Waals surface area contributed by atoms with Crippen LogP contribution in [-0.2, 0) is 0 Å². The van der Waals surface area contributed by atoms with Crippen molar-refractivity contribution in [1.82, 2.24) is 0 Å². The molecule has 1 aromatic carbocycles. The topological polar surface area (TPSA) is 20.2 Å². The molecule has 1 N–H and O–H groups in total. The highest BCUT2D eigenvalue weighted by Gasteiger charge is 2.17. The number of aliphatic hydroxyl groups excluding tert-OH is 1. The van der Waals surface area contributed by atoms with Crippen LogP contribution in [0.25, 0.3) is 0 Å². The van der Waals surface area contributed by atoms with E-state index in [1.165, 1.54) is 0 Å². The SMILES string of the molecule is C[C@H](CCO)c1c(F)cc(F)cc1F. The molecule has 0 aromatic heterocycles. The van der Waals surface area contributed by atoms with Gasteiger partial charge in [0.1, 0.15) is 17.5 Å². The maximum Gasteiger partial charge on any atom is 0.132 e. The Bertz CT molecular complexity index is 302. The van der Waals surface area contributed by atoms with Crippen molar-refractivity contribution in [2.75, 3.05) is 6.61 Å². The third kappa shape index (κ3) is 2.26. The molecule has 0 aliphatic heterocycles. The smallest absolute Gasteiger partial charge is 0.132 e. The average Bonchev–Trinajstić information content (AvgIpc) is 2.01. The first-order chi connectivity index (χ1) is 6.56. The van der Waals surface area contributed by atoms with E-state index < -0.39 is 23.4 Å². The summed E-state index contributed by atoms with van der Waals surface area (Å²) in [5.74, 6) is -3.19. The van der Waals surface area contributed by atoms with Crippen LogP contribution in [0.1, 0.15) is 24.8 Å². The van der Waals surface area contributed by atoms with Crippen LogP contribution >= 0.6 is 0 Å². The van der Waals surface area contributed by atoms with Crippen LogP contribution < -0.4 is 0 Å². The summed E-state index contributed by atoms with van der Waals surface area (Å²) in [7, 11) is 0. The summed E-state index contributed by atoms with van der Waals surface area (Å²) >= 11 is 0. The molecule has 1 aromatic rings. The van der Waals surface area contributed by atoms with E-state index in [1.54, 1.807) is 6.92 Å². The Hall–Kier alpha value is -1.03. The highest BCUT2D eigenvalue weighted by molar-refractivity contribution is 5.24. The Morgan fingerprint density at radius 1 is 1.21 bits per heavy atom. The summed E-state index contributed by atoms with van der Waals surface area (Å²) in [4.78, 5) is 0. The van der Waals surface area contributed by atoms with Crippen molar-refractivity contribution in [3.8, 4) is 0 Å². The first kappa shape index (κ1) is 11.0. The molecule has 0 aliphatic rings. The highest BCUT2D eigenvalue weighted by Crippen LogP contribution is 2.25. The van der Waals surface area contributed by atoms with Crippen LogP contribution in [0.5, 0.6) is 0 Å². The van der Waals surface area contributed by atoms with Crippen molar-refractivity contribution in [2.24, 2.45) is 0 Å². The van der Waals surface area contributed by atoms with Gasteiger partial charge in [0.2, 0.25) is 0 Å². The molecule has 14 heavy (non-hydrogen) atoms. The van der Waals surface area contributed by atoms with Crippen molar-refractivity contribution in [3.05, 3.63) is 35.1 Å². The monoisotopic (exact) mass is 204 g/mol. The van der Waals surface area contributed by atoms with E-state index in [0.717, 1.165) is 0 Å². The quantitative estimate of drug-likeness (QED) is 0.802. The highest BCUT2D eigenvalue weighted by atomic mass is 19.1. The van der Waals surface area contributed by atoms with E-state index in [9.17, 15) is 13.2 Å². The molecule has 0 radical (unpaired) electrons. The van der Waals surface area contributed by atoms with Crippen LogP contribution in [0.4, 0.5) is 13.2 Å². The third-order valence-electron chi connectivity index (χ3n) is 2.10. The predicted molar refractivity (Wildman–Crippen MR) is 46.4 cm³/mol. The molecular weight excluding hydrogens is 193 g/mol. The molecule has 1 atom stereocenters. The number of hydrogen-bond donors (Lipinski definition) is 1. The Labute approximate surface area is 80.2 Å². The lowest BCUT2D eigenvalue weighted by molar-refractivity contribution is 0.276. The average molecular weight is 204 g/mol. The van der Waals surface area contributed by atoms with Crippen molar-refractivity contribution < 1.29 is 18.3 Å². The van der Waals surface area contributed by atoms with Crippen LogP contribution in [0.3, 0.4) is 0 Å². The standard InChI is InChI=1S/C10H11F3O/c1-6(2-3-14)10-8(12)4-7(11)5-9(10)13/h4-6,14H,2-3H2,1H3/t6-/m1/s1. The molecule has 0 spiro atoms. The zero-order valence-electron chi connectivity index (χ0n) is 7.73. The van der Waals surface area contributed by atoms with Gasteiger partial charge in [0.25, 0.3) is 0 Å². The van der Waals surface area contributed by atoms with Crippen molar-refractivity contribution in [2.45, 2.75) is 19.3 Å². The lowest BCUT2D eigenvalue weighted by Gasteiger charge is -2.12. The molecule has 4 heteroatoms. The summed E-state index contributed by atoms with van der Waals surface area (Å²) in [6, 6.07) is 1.29. The largest absolute Gasteiger partial charge is 0.396 e. The summed E-state index contributed by atoms with van der Waals surface area (Å²) in [6.45, 7) is 1.42. The van der Waals surface area contributed by atoms with Gasteiger partial charge in [0.15, 0.2) is 0 Å². The lowest BCUT2D eigenvalue weighted by atomic mass is 9.97. The minimum absolute atomic E-state index is 0.155. The minimum Gasteiger partial charge on any atom is -0.396 e. The molecular formula is C10H11F3O. The fraction of sp³-hybridized carbons (Fsp3) is 0.400. The first-order valence-corrected chi connectivity index (χ1v) is 4.31. The van der Waals surface area contributed by atoms with E-state index in [0.29, 0.717) is 12.1 Å². The molecule has 0 aliphatic carbocycles. The second-order valence-corrected chi connectivity index (χ2v) is 3.20. The minimum atomic E-state index is -0.931. The summed E-state index contributed by atoms with van der Waals surface area (Å²) in [5.41, 5.74) is -0.166. The molecule has 0 unspecified atom stereocenters. The van der Waals surface area contributed by atoms with Gasteiger partial charge >= 0.3 is 0 Å². The number of hydrogen-bond acceptors (Lipinski definition) is 1. The Kier molecular flexibility index (Phi) is 3.52. The van der Waals surface area contributed by atoms with Crippen LogP contribution in [0.15, 0.2) is 12.1 Å². The summed E-state index contributed by atoms with van der Waals surface area (Å²) in [5, 5.41) is 8.62. The van der Waals surface area contributed by atoms with Gasteiger partial charge in [0, 0.05) is 24.3 Å². The van der Waals surface area contributed by atoms with Gasteiger partial charge in [-0.2, -0.15) is 0 Å². The van der Waals surface area contributed by atoms with Gasteiger partial charge in [-0.25, -0.2) is 13.2 Å². The zero-order chi connectivity index (χ0) is 10.7. The molecule has 78 valence electrons. The van der Waals surface area contributed by atoms with Crippen molar-refractivity contribution in [3.63, 3.8) is 0 Å². The van der Waals surface area contributed by atoms with Crippen molar-refractivity contribution >= 4 is 0 Å². The maximum absolute atomic E-state index is 13.1. The van der Waals surface area contributed by atoms with E-state index in [4.69, 9.17) is 5.11 Å². The van der Waals surface area contributed by atoms with Crippen molar-refractivity contribution in [1.29, 1.82) is 0 Å². The Morgan fingerprint density at radius 2 is 1.71 bits per heavy atom. The number of benzene rings is 1. The normalized spacial score (nSPS) is 12.9. The second kappa shape index (κ2) is 4.46. The zero-order valence-corrected chi connectivity index (χ0v) is 7.73. The number of rotatable bonds is 3. The van der Waals surface area contributed by atoms with Crippen LogP contribution in [-0.4, -0.2) is 11.7 Å². The molecule has 0 bridgehead atoms.